The minimum Gasteiger partial charge on any atom is -0.497 e. The van der Waals surface area contributed by atoms with Crippen molar-refractivity contribution in [2.75, 3.05) is 7.11 Å². The molecular weight excluding hydrogens is 340 g/mol. The van der Waals surface area contributed by atoms with Crippen LogP contribution >= 0.6 is 0 Å². The van der Waals surface area contributed by atoms with Crippen molar-refractivity contribution >= 4 is 12.0 Å². The second-order valence-corrected chi connectivity index (χ2v) is 5.74. The highest BCUT2D eigenvalue weighted by atomic mass is 16.5. The topological polar surface area (TPSA) is 44.8 Å². The highest BCUT2D eigenvalue weighted by Gasteiger charge is 2.07. The van der Waals surface area contributed by atoms with Gasteiger partial charge in [0, 0.05) is 11.6 Å². The van der Waals surface area contributed by atoms with Crippen LogP contribution in [0.25, 0.3) is 6.08 Å². The Morgan fingerprint density at radius 1 is 0.889 bits per heavy atom. The Balaban J connectivity index is 1.61. The number of para-hydroxylation sites is 2. The molecule has 0 saturated carbocycles. The SMILES string of the molecule is COc1cccc(/C=C/C(=O)OCc2ccccc2Oc2ccccc2)c1. The zero-order chi connectivity index (χ0) is 18.9. The smallest absolute Gasteiger partial charge is 0.331 e. The molecule has 0 unspecified atom stereocenters. The molecule has 0 radical (unpaired) electrons. The fourth-order valence-electron chi connectivity index (χ4n) is 2.44. The maximum Gasteiger partial charge on any atom is 0.331 e. The molecule has 0 aliphatic rings. The van der Waals surface area contributed by atoms with Crippen LogP contribution < -0.4 is 9.47 Å². The summed E-state index contributed by atoms with van der Waals surface area (Å²) in [6, 6.07) is 24.4. The van der Waals surface area contributed by atoms with E-state index in [1.165, 1.54) is 6.08 Å². The van der Waals surface area contributed by atoms with Gasteiger partial charge in [0.25, 0.3) is 0 Å². The van der Waals surface area contributed by atoms with Gasteiger partial charge in [-0.2, -0.15) is 0 Å². The molecule has 3 rings (SSSR count). The van der Waals surface area contributed by atoms with E-state index >= 15 is 0 Å². The third kappa shape index (κ3) is 5.47. The van der Waals surface area contributed by atoms with Crippen LogP contribution in [0.15, 0.2) is 84.9 Å². The normalized spacial score (nSPS) is 10.6. The number of benzene rings is 3. The molecule has 0 aromatic heterocycles. The summed E-state index contributed by atoms with van der Waals surface area (Å²) in [7, 11) is 1.60. The molecule has 0 aliphatic carbocycles. The van der Waals surface area contributed by atoms with Crippen molar-refractivity contribution in [3.05, 3.63) is 96.1 Å². The molecule has 3 aromatic rings. The van der Waals surface area contributed by atoms with Crippen molar-refractivity contribution in [2.24, 2.45) is 0 Å². The van der Waals surface area contributed by atoms with Crippen molar-refractivity contribution in [3.63, 3.8) is 0 Å². The molecule has 0 saturated heterocycles. The van der Waals surface area contributed by atoms with Crippen molar-refractivity contribution in [1.29, 1.82) is 0 Å². The zero-order valence-corrected chi connectivity index (χ0v) is 15.0. The van der Waals surface area contributed by atoms with Gasteiger partial charge in [-0.25, -0.2) is 4.79 Å². The number of carbonyl (C=O) groups is 1. The van der Waals surface area contributed by atoms with E-state index in [9.17, 15) is 4.79 Å². The Morgan fingerprint density at radius 2 is 1.63 bits per heavy atom. The summed E-state index contributed by atoms with van der Waals surface area (Å²) in [4.78, 5) is 12.0. The van der Waals surface area contributed by atoms with E-state index in [0.29, 0.717) is 5.75 Å². The largest absolute Gasteiger partial charge is 0.497 e. The number of methoxy groups -OCH3 is 1. The van der Waals surface area contributed by atoms with Crippen LogP contribution in [0.4, 0.5) is 0 Å². The lowest BCUT2D eigenvalue weighted by Gasteiger charge is -2.11. The van der Waals surface area contributed by atoms with Gasteiger partial charge in [0.05, 0.1) is 7.11 Å². The Bertz CT molecular complexity index is 916. The predicted molar refractivity (Wildman–Crippen MR) is 105 cm³/mol. The van der Waals surface area contributed by atoms with E-state index in [0.717, 1.165) is 22.6 Å². The molecule has 0 amide bonds. The Labute approximate surface area is 158 Å². The molecule has 136 valence electrons. The molecule has 0 heterocycles. The van der Waals surface area contributed by atoms with Crippen LogP contribution in [-0.4, -0.2) is 13.1 Å². The standard InChI is InChI=1S/C23H20O4/c1-25-21-12-7-8-18(16-21)14-15-23(24)26-17-19-9-5-6-13-22(19)27-20-10-3-2-4-11-20/h2-16H,17H2,1H3/b15-14+. The van der Waals surface area contributed by atoms with Crippen molar-refractivity contribution in [3.8, 4) is 17.2 Å². The van der Waals surface area contributed by atoms with Crippen LogP contribution in [-0.2, 0) is 16.1 Å². The third-order valence-corrected chi connectivity index (χ3v) is 3.82. The summed E-state index contributed by atoms with van der Waals surface area (Å²) < 4.78 is 16.4. The van der Waals surface area contributed by atoms with Gasteiger partial charge in [0.2, 0.25) is 0 Å². The Hall–Kier alpha value is -3.53. The summed E-state index contributed by atoms with van der Waals surface area (Å²) >= 11 is 0. The number of carbonyl (C=O) groups excluding carboxylic acids is 1. The van der Waals surface area contributed by atoms with E-state index in [1.54, 1.807) is 13.2 Å². The molecule has 4 nitrogen and oxygen atoms in total. The summed E-state index contributed by atoms with van der Waals surface area (Å²) in [5, 5.41) is 0. The van der Waals surface area contributed by atoms with Gasteiger partial charge in [0.1, 0.15) is 23.9 Å². The number of esters is 1. The van der Waals surface area contributed by atoms with Crippen LogP contribution in [0.3, 0.4) is 0 Å². The maximum absolute atomic E-state index is 12.0. The summed E-state index contributed by atoms with van der Waals surface area (Å²) in [6.45, 7) is 0.129. The van der Waals surface area contributed by atoms with Gasteiger partial charge in [-0.3, -0.25) is 0 Å². The van der Waals surface area contributed by atoms with Crippen LogP contribution in [0.5, 0.6) is 17.2 Å². The van der Waals surface area contributed by atoms with E-state index in [1.807, 2.05) is 78.9 Å². The van der Waals surface area contributed by atoms with Gasteiger partial charge < -0.3 is 14.2 Å². The van der Waals surface area contributed by atoms with Crippen LogP contribution in [0, 0.1) is 0 Å². The Kier molecular flexibility index (Phi) is 6.26. The highest BCUT2D eigenvalue weighted by Crippen LogP contribution is 2.25. The van der Waals surface area contributed by atoms with Crippen molar-refractivity contribution < 1.29 is 19.0 Å². The predicted octanol–water partition coefficient (Wildman–Crippen LogP) is 5.24. The summed E-state index contributed by atoms with van der Waals surface area (Å²) in [5.74, 6) is 1.70. The second-order valence-electron chi connectivity index (χ2n) is 5.74. The first-order valence-corrected chi connectivity index (χ1v) is 8.54. The third-order valence-electron chi connectivity index (χ3n) is 3.82. The fourth-order valence-corrected chi connectivity index (χ4v) is 2.44. The monoisotopic (exact) mass is 360 g/mol. The molecule has 27 heavy (non-hydrogen) atoms. The number of hydrogen-bond acceptors (Lipinski definition) is 4. The lowest BCUT2D eigenvalue weighted by atomic mass is 10.2. The molecule has 3 aromatic carbocycles. The Morgan fingerprint density at radius 3 is 2.44 bits per heavy atom. The molecule has 4 heteroatoms. The fraction of sp³-hybridized carbons (Fsp3) is 0.0870. The highest BCUT2D eigenvalue weighted by molar-refractivity contribution is 5.87. The number of ether oxygens (including phenoxy) is 3. The molecule has 0 fully saturated rings. The molecule has 0 aliphatic heterocycles. The molecular formula is C23H20O4. The van der Waals surface area contributed by atoms with E-state index in [4.69, 9.17) is 14.2 Å². The molecule has 0 N–H and O–H groups in total. The van der Waals surface area contributed by atoms with Crippen molar-refractivity contribution in [2.45, 2.75) is 6.61 Å². The lowest BCUT2D eigenvalue weighted by Crippen LogP contribution is -2.02. The lowest BCUT2D eigenvalue weighted by molar-refractivity contribution is -0.138. The van der Waals surface area contributed by atoms with Gasteiger partial charge in [-0.1, -0.05) is 48.5 Å². The minimum atomic E-state index is -0.424. The van der Waals surface area contributed by atoms with Gasteiger partial charge >= 0.3 is 5.97 Å². The molecule has 0 bridgehead atoms. The summed E-state index contributed by atoms with van der Waals surface area (Å²) in [5.41, 5.74) is 1.66. The number of hydrogen-bond donors (Lipinski definition) is 0. The van der Waals surface area contributed by atoms with E-state index in [-0.39, 0.29) is 6.61 Å². The quantitative estimate of drug-likeness (QED) is 0.427. The van der Waals surface area contributed by atoms with Crippen LogP contribution in [0.1, 0.15) is 11.1 Å². The second kappa shape index (κ2) is 9.25. The summed E-state index contributed by atoms with van der Waals surface area (Å²) in [6.07, 6.45) is 3.09. The van der Waals surface area contributed by atoms with Gasteiger partial charge in [-0.15, -0.1) is 0 Å². The maximum atomic E-state index is 12.0. The molecule has 0 atom stereocenters. The first-order valence-electron chi connectivity index (χ1n) is 8.54. The van der Waals surface area contributed by atoms with Gasteiger partial charge in [0.15, 0.2) is 0 Å². The van der Waals surface area contributed by atoms with Crippen molar-refractivity contribution in [1.82, 2.24) is 0 Å². The minimum absolute atomic E-state index is 0.129. The van der Waals surface area contributed by atoms with E-state index in [2.05, 4.69) is 0 Å². The average Bonchev–Trinajstić information content (AvgIpc) is 2.72. The molecule has 0 spiro atoms. The number of rotatable bonds is 7. The van der Waals surface area contributed by atoms with Gasteiger partial charge in [-0.05, 0) is 42.0 Å². The average molecular weight is 360 g/mol. The first-order chi connectivity index (χ1) is 13.2. The van der Waals surface area contributed by atoms with E-state index < -0.39 is 5.97 Å². The van der Waals surface area contributed by atoms with Crippen LogP contribution in [0.2, 0.25) is 0 Å². The first kappa shape index (κ1) is 18.3. The zero-order valence-electron chi connectivity index (χ0n) is 15.0.